The summed E-state index contributed by atoms with van der Waals surface area (Å²) in [5, 5.41) is 2.92. The molecule has 0 spiro atoms. The zero-order chi connectivity index (χ0) is 23.4. The molecule has 0 radical (unpaired) electrons. The lowest BCUT2D eigenvalue weighted by Crippen LogP contribution is -2.42. The Balaban J connectivity index is 1.69. The number of carbonyl (C=O) groups is 2. The first kappa shape index (κ1) is 22.3. The molecule has 168 valence electrons. The van der Waals surface area contributed by atoms with Crippen molar-refractivity contribution >= 4 is 18.0 Å². The molecule has 1 aliphatic rings. The van der Waals surface area contributed by atoms with E-state index in [-0.39, 0.29) is 11.8 Å². The Kier molecular flexibility index (Phi) is 6.54. The molecular formula is C27H28N3O3+. The Morgan fingerprint density at radius 3 is 2.27 bits per heavy atom. The summed E-state index contributed by atoms with van der Waals surface area (Å²) in [7, 11) is 1.61. The second-order valence-corrected chi connectivity index (χ2v) is 8.37. The lowest BCUT2D eigenvalue weighted by molar-refractivity contribution is -0.596. The number of hydrogen-bond acceptors (Lipinski definition) is 3. The molecule has 0 aromatic heterocycles. The first-order valence-corrected chi connectivity index (χ1v) is 11.0. The van der Waals surface area contributed by atoms with Gasteiger partial charge in [-0.3, -0.25) is 9.59 Å². The summed E-state index contributed by atoms with van der Waals surface area (Å²) in [6, 6.07) is 23.5. The summed E-state index contributed by atoms with van der Waals surface area (Å²) in [6.45, 7) is 4.30. The van der Waals surface area contributed by atoms with Crippen LogP contribution in [0.3, 0.4) is 0 Å². The van der Waals surface area contributed by atoms with E-state index in [1.807, 2.05) is 48.7 Å². The molecule has 0 saturated carbocycles. The molecule has 0 bridgehead atoms. The van der Waals surface area contributed by atoms with Crippen molar-refractivity contribution in [2.75, 3.05) is 7.11 Å². The van der Waals surface area contributed by atoms with E-state index in [9.17, 15) is 9.59 Å². The van der Waals surface area contributed by atoms with E-state index in [0.29, 0.717) is 11.5 Å². The number of nitrogens with zero attached hydrogens (tertiary/aromatic N) is 1. The van der Waals surface area contributed by atoms with Crippen LogP contribution < -0.4 is 15.5 Å². The molecule has 1 aliphatic heterocycles. The molecule has 6 nitrogen and oxygen atoms in total. The number of benzene rings is 3. The van der Waals surface area contributed by atoms with Crippen LogP contribution in [0.25, 0.3) is 0 Å². The molecule has 1 heterocycles. The third-order valence-corrected chi connectivity index (χ3v) is 5.81. The molecule has 6 heteroatoms. The van der Waals surface area contributed by atoms with Crippen LogP contribution in [0.15, 0.2) is 78.9 Å². The molecule has 2 amide bonds. The molecule has 1 saturated heterocycles. The minimum absolute atomic E-state index is 0.268. The molecule has 0 aliphatic carbocycles. The average molecular weight is 443 g/mol. The minimum atomic E-state index is -0.766. The van der Waals surface area contributed by atoms with Gasteiger partial charge in [-0.1, -0.05) is 44.2 Å². The van der Waals surface area contributed by atoms with Crippen molar-refractivity contribution in [1.82, 2.24) is 10.7 Å². The average Bonchev–Trinajstić information content (AvgIpc) is 3.14. The lowest BCUT2D eigenvalue weighted by Gasteiger charge is -2.15. The summed E-state index contributed by atoms with van der Waals surface area (Å²) >= 11 is 0. The predicted octanol–water partition coefficient (Wildman–Crippen LogP) is 3.83. The van der Waals surface area contributed by atoms with Gasteiger partial charge in [-0.2, -0.15) is 0 Å². The number of carbonyl (C=O) groups excluding carboxylic acids is 2. The highest BCUT2D eigenvalue weighted by molar-refractivity contribution is 5.98. The van der Waals surface area contributed by atoms with Crippen LogP contribution in [-0.4, -0.2) is 35.9 Å². The molecule has 3 aromatic rings. The fourth-order valence-electron chi connectivity index (χ4n) is 3.92. The summed E-state index contributed by atoms with van der Waals surface area (Å²) in [6.07, 6.45) is 1.89. The fraction of sp³-hybridized carbons (Fsp3) is 0.222. The van der Waals surface area contributed by atoms with Gasteiger partial charge in [0, 0.05) is 16.7 Å². The quantitative estimate of drug-likeness (QED) is 0.570. The summed E-state index contributed by atoms with van der Waals surface area (Å²) in [5.74, 6) is 0.600. The van der Waals surface area contributed by atoms with Crippen molar-refractivity contribution in [2.24, 2.45) is 0 Å². The second-order valence-electron chi connectivity index (χ2n) is 8.37. The van der Waals surface area contributed by atoms with Gasteiger partial charge < -0.3 is 10.1 Å². The van der Waals surface area contributed by atoms with E-state index in [1.165, 1.54) is 5.56 Å². The van der Waals surface area contributed by atoms with Gasteiger partial charge in [-0.05, 0) is 60.0 Å². The number of amides is 2. The van der Waals surface area contributed by atoms with Crippen LogP contribution in [-0.2, 0) is 4.79 Å². The number of nitrogens with one attached hydrogen (secondary N) is 2. The number of ether oxygens (including phenoxy) is 1. The standard InChI is InChI=1S/C27H27N3O3/c1-18(2)20-11-9-19(10-12-20)17-30-25(21-13-15-23(33-3)16-14-21)24(27(32)29-30)28-26(31)22-7-5-4-6-8-22/h4-18,24-25H,1-3H3,(H-,28,29,31,32)/p+1/b30-17-/t24-,25-/m0/s1. The Bertz CT molecular complexity index is 1150. The Labute approximate surface area is 193 Å². The highest BCUT2D eigenvalue weighted by atomic mass is 16.5. The summed E-state index contributed by atoms with van der Waals surface area (Å²) in [5.41, 5.74) is 6.50. The number of hydrogen-bond donors (Lipinski definition) is 2. The topological polar surface area (TPSA) is 70.4 Å². The Morgan fingerprint density at radius 1 is 1.00 bits per heavy atom. The molecule has 2 N–H and O–H groups in total. The van der Waals surface area contributed by atoms with E-state index >= 15 is 0 Å². The van der Waals surface area contributed by atoms with E-state index in [2.05, 4.69) is 36.7 Å². The second kappa shape index (κ2) is 9.69. The van der Waals surface area contributed by atoms with Crippen molar-refractivity contribution in [1.29, 1.82) is 0 Å². The highest BCUT2D eigenvalue weighted by Gasteiger charge is 2.47. The van der Waals surface area contributed by atoms with E-state index in [1.54, 1.807) is 36.1 Å². The van der Waals surface area contributed by atoms with Gasteiger partial charge in [0.2, 0.25) is 12.3 Å². The van der Waals surface area contributed by atoms with Gasteiger partial charge in [-0.25, -0.2) is 0 Å². The first-order chi connectivity index (χ1) is 16.0. The van der Waals surface area contributed by atoms with Crippen molar-refractivity contribution < 1.29 is 19.0 Å². The molecule has 0 unspecified atom stereocenters. The number of rotatable bonds is 6. The van der Waals surface area contributed by atoms with Crippen LogP contribution in [0.5, 0.6) is 5.75 Å². The van der Waals surface area contributed by atoms with Crippen LogP contribution >= 0.6 is 0 Å². The normalized spacial score (nSPS) is 18.9. The monoisotopic (exact) mass is 442 g/mol. The van der Waals surface area contributed by atoms with Crippen molar-refractivity contribution in [2.45, 2.75) is 31.8 Å². The Morgan fingerprint density at radius 2 is 1.67 bits per heavy atom. The molecule has 2 atom stereocenters. The highest BCUT2D eigenvalue weighted by Crippen LogP contribution is 2.27. The predicted molar refractivity (Wildman–Crippen MR) is 128 cm³/mol. The van der Waals surface area contributed by atoms with Crippen molar-refractivity contribution in [3.63, 3.8) is 0 Å². The Hall–Kier alpha value is -3.93. The molecule has 33 heavy (non-hydrogen) atoms. The molecule has 4 rings (SSSR count). The largest absolute Gasteiger partial charge is 0.497 e. The van der Waals surface area contributed by atoms with Crippen LogP contribution in [0.2, 0.25) is 0 Å². The third-order valence-electron chi connectivity index (χ3n) is 5.81. The molecule has 1 fully saturated rings. The summed E-state index contributed by atoms with van der Waals surface area (Å²) in [4.78, 5) is 25.8. The maximum atomic E-state index is 13.0. The van der Waals surface area contributed by atoms with Crippen LogP contribution in [0.4, 0.5) is 0 Å². The SMILES string of the molecule is COc1ccc([C@H]2[C@H](NC(=O)c3ccccc3)C(=O)N/[N+]2=C\c2ccc(C(C)C)cc2)cc1. The van der Waals surface area contributed by atoms with Crippen LogP contribution in [0, 0.1) is 0 Å². The molecule has 3 aromatic carbocycles. The van der Waals surface area contributed by atoms with Gasteiger partial charge in [0.1, 0.15) is 5.75 Å². The van der Waals surface area contributed by atoms with E-state index < -0.39 is 12.1 Å². The zero-order valence-corrected chi connectivity index (χ0v) is 19.0. The lowest BCUT2D eigenvalue weighted by atomic mass is 9.99. The minimum Gasteiger partial charge on any atom is -0.497 e. The van der Waals surface area contributed by atoms with Gasteiger partial charge in [0.25, 0.3) is 5.91 Å². The van der Waals surface area contributed by atoms with Gasteiger partial charge in [-0.15, -0.1) is 10.1 Å². The summed E-state index contributed by atoms with van der Waals surface area (Å²) < 4.78 is 7.05. The van der Waals surface area contributed by atoms with Crippen molar-refractivity contribution in [3.8, 4) is 5.75 Å². The van der Waals surface area contributed by atoms with Gasteiger partial charge in [0.15, 0.2) is 6.04 Å². The zero-order valence-electron chi connectivity index (χ0n) is 19.0. The maximum Gasteiger partial charge on any atom is 0.304 e. The van der Waals surface area contributed by atoms with Gasteiger partial charge >= 0.3 is 5.91 Å². The number of hydrazine groups is 1. The van der Waals surface area contributed by atoms with Gasteiger partial charge in [0.05, 0.1) is 7.11 Å². The van der Waals surface area contributed by atoms with Crippen molar-refractivity contribution in [3.05, 3.63) is 101 Å². The smallest absolute Gasteiger partial charge is 0.304 e. The number of methoxy groups -OCH3 is 1. The number of hydrazone groups is 1. The van der Waals surface area contributed by atoms with E-state index in [0.717, 1.165) is 16.9 Å². The molecular weight excluding hydrogens is 414 g/mol. The first-order valence-electron chi connectivity index (χ1n) is 11.0. The van der Waals surface area contributed by atoms with Crippen LogP contribution in [0.1, 0.15) is 52.9 Å². The third kappa shape index (κ3) is 4.95. The fourth-order valence-corrected chi connectivity index (χ4v) is 3.92. The van der Waals surface area contributed by atoms with E-state index in [4.69, 9.17) is 4.74 Å². The maximum absolute atomic E-state index is 13.0.